The third-order valence-corrected chi connectivity index (χ3v) is 3.77. The molecular weight excluding hydrogens is 243 g/mol. The van der Waals surface area contributed by atoms with Crippen LogP contribution in [0.15, 0.2) is 12.1 Å². The van der Waals surface area contributed by atoms with Crippen molar-refractivity contribution in [1.82, 2.24) is 9.97 Å². The van der Waals surface area contributed by atoms with E-state index in [4.69, 9.17) is 23.2 Å². The maximum Gasteiger partial charge on any atom is 0.112 e. The van der Waals surface area contributed by atoms with Crippen molar-refractivity contribution >= 4 is 34.2 Å². The van der Waals surface area contributed by atoms with E-state index in [-0.39, 0.29) is 5.41 Å². The molecule has 0 fully saturated rings. The fourth-order valence-electron chi connectivity index (χ4n) is 1.49. The number of aromatic amines is 1. The van der Waals surface area contributed by atoms with Crippen LogP contribution in [0.3, 0.4) is 0 Å². The number of nitrogens with zero attached hydrogens (tertiary/aromatic N) is 1. The monoisotopic (exact) mass is 256 g/mol. The van der Waals surface area contributed by atoms with Crippen molar-refractivity contribution in [2.75, 3.05) is 0 Å². The summed E-state index contributed by atoms with van der Waals surface area (Å²) in [5.74, 6) is 0.975. The number of nitrogens with one attached hydrogen (secondary N) is 1. The number of fused-ring (bicyclic) bond motifs is 1. The molecule has 2 rings (SSSR count). The largest absolute Gasteiger partial charge is 0.341 e. The van der Waals surface area contributed by atoms with Gasteiger partial charge < -0.3 is 4.98 Å². The number of aromatic nitrogens is 2. The van der Waals surface area contributed by atoms with Crippen LogP contribution in [0.5, 0.6) is 0 Å². The number of imidazole rings is 1. The van der Waals surface area contributed by atoms with Crippen LogP contribution in [0.25, 0.3) is 11.0 Å². The van der Waals surface area contributed by atoms with Gasteiger partial charge in [0.1, 0.15) is 5.82 Å². The minimum atomic E-state index is 0.0397. The smallest absolute Gasteiger partial charge is 0.112 e. The molecule has 0 bridgehead atoms. The first-order chi connectivity index (χ1) is 7.44. The van der Waals surface area contributed by atoms with Gasteiger partial charge in [0.2, 0.25) is 0 Å². The lowest BCUT2D eigenvalue weighted by Crippen LogP contribution is -2.17. The van der Waals surface area contributed by atoms with Crippen molar-refractivity contribution in [3.63, 3.8) is 0 Å². The van der Waals surface area contributed by atoms with Crippen LogP contribution in [-0.2, 0) is 5.41 Å². The van der Waals surface area contributed by atoms with Gasteiger partial charge in [0.25, 0.3) is 0 Å². The zero-order chi connectivity index (χ0) is 11.9. The van der Waals surface area contributed by atoms with E-state index in [2.05, 4.69) is 30.7 Å². The molecule has 86 valence electrons. The summed E-state index contributed by atoms with van der Waals surface area (Å²) < 4.78 is 0. The van der Waals surface area contributed by atoms with E-state index in [9.17, 15) is 0 Å². The first kappa shape index (κ1) is 11.7. The Morgan fingerprint density at radius 1 is 1.25 bits per heavy atom. The Balaban J connectivity index is 2.61. The first-order valence-electron chi connectivity index (χ1n) is 5.29. The summed E-state index contributed by atoms with van der Waals surface area (Å²) in [4.78, 5) is 7.86. The average molecular weight is 257 g/mol. The summed E-state index contributed by atoms with van der Waals surface area (Å²) in [6.45, 7) is 6.47. The van der Waals surface area contributed by atoms with E-state index < -0.39 is 0 Å². The molecule has 0 amide bonds. The van der Waals surface area contributed by atoms with Crippen molar-refractivity contribution in [3.8, 4) is 0 Å². The summed E-state index contributed by atoms with van der Waals surface area (Å²) in [7, 11) is 0. The van der Waals surface area contributed by atoms with Crippen LogP contribution in [-0.4, -0.2) is 9.97 Å². The van der Waals surface area contributed by atoms with E-state index in [1.165, 1.54) is 0 Å². The molecule has 2 aromatic rings. The Kier molecular flexibility index (Phi) is 2.89. The van der Waals surface area contributed by atoms with Gasteiger partial charge in [-0.2, -0.15) is 0 Å². The number of halogens is 2. The predicted octanol–water partition coefficient (Wildman–Crippen LogP) is 4.56. The average Bonchev–Trinajstić information content (AvgIpc) is 2.62. The van der Waals surface area contributed by atoms with E-state index in [0.717, 1.165) is 23.3 Å². The molecule has 0 aliphatic carbocycles. The minimum absolute atomic E-state index is 0.0397. The van der Waals surface area contributed by atoms with E-state index in [0.29, 0.717) is 10.0 Å². The van der Waals surface area contributed by atoms with Crippen molar-refractivity contribution < 1.29 is 0 Å². The molecule has 0 unspecified atom stereocenters. The molecule has 1 aromatic carbocycles. The van der Waals surface area contributed by atoms with Crippen molar-refractivity contribution in [1.29, 1.82) is 0 Å². The van der Waals surface area contributed by atoms with Gasteiger partial charge in [-0.3, -0.25) is 0 Å². The van der Waals surface area contributed by atoms with Gasteiger partial charge in [-0.25, -0.2) is 4.98 Å². The lowest BCUT2D eigenvalue weighted by Gasteiger charge is -2.18. The fraction of sp³-hybridized carbons (Fsp3) is 0.417. The Labute approximate surface area is 105 Å². The highest BCUT2D eigenvalue weighted by atomic mass is 35.5. The minimum Gasteiger partial charge on any atom is -0.341 e. The van der Waals surface area contributed by atoms with Gasteiger partial charge in [0, 0.05) is 5.41 Å². The van der Waals surface area contributed by atoms with Crippen molar-refractivity contribution in [2.24, 2.45) is 0 Å². The lowest BCUT2D eigenvalue weighted by molar-refractivity contribution is 0.479. The molecule has 16 heavy (non-hydrogen) atoms. The quantitative estimate of drug-likeness (QED) is 0.839. The van der Waals surface area contributed by atoms with Gasteiger partial charge in [0.15, 0.2) is 0 Å². The Hall–Kier alpha value is -0.730. The van der Waals surface area contributed by atoms with Crippen LogP contribution in [0, 0.1) is 0 Å². The Morgan fingerprint density at radius 3 is 2.50 bits per heavy atom. The molecule has 0 aliphatic heterocycles. The summed E-state index contributed by atoms with van der Waals surface area (Å²) in [6, 6.07) is 3.62. The van der Waals surface area contributed by atoms with E-state index >= 15 is 0 Å². The normalized spacial score (nSPS) is 12.3. The second kappa shape index (κ2) is 3.94. The SMILES string of the molecule is CCC(C)(C)c1nc2cc(Cl)c(Cl)cc2[nH]1. The molecule has 2 nitrogen and oxygen atoms in total. The van der Waals surface area contributed by atoms with Crippen LogP contribution in [0.1, 0.15) is 33.0 Å². The first-order valence-corrected chi connectivity index (χ1v) is 6.05. The Bertz CT molecular complexity index is 490. The standard InChI is InChI=1S/C12H14Cl2N2/c1-4-12(2,3)11-15-9-5-7(13)8(14)6-10(9)16-11/h5-6H,4H2,1-3H3,(H,15,16). The third kappa shape index (κ3) is 1.92. The topological polar surface area (TPSA) is 28.7 Å². The van der Waals surface area contributed by atoms with Gasteiger partial charge in [-0.15, -0.1) is 0 Å². The molecule has 4 heteroatoms. The maximum atomic E-state index is 5.97. The molecular formula is C12H14Cl2N2. The summed E-state index contributed by atoms with van der Waals surface area (Å²) >= 11 is 11.9. The van der Waals surface area contributed by atoms with Gasteiger partial charge in [0.05, 0.1) is 21.1 Å². The van der Waals surface area contributed by atoms with Crippen LogP contribution < -0.4 is 0 Å². The van der Waals surface area contributed by atoms with Crippen molar-refractivity contribution in [3.05, 3.63) is 28.0 Å². The summed E-state index contributed by atoms with van der Waals surface area (Å²) in [5, 5.41) is 1.10. The molecule has 0 atom stereocenters. The molecule has 0 aliphatic rings. The molecule has 0 radical (unpaired) electrons. The van der Waals surface area contributed by atoms with Crippen LogP contribution >= 0.6 is 23.2 Å². The molecule has 1 aromatic heterocycles. The van der Waals surface area contributed by atoms with Gasteiger partial charge in [-0.1, -0.05) is 44.0 Å². The molecule has 1 N–H and O–H groups in total. The number of rotatable bonds is 2. The van der Waals surface area contributed by atoms with Crippen LogP contribution in [0.2, 0.25) is 10.0 Å². The number of benzene rings is 1. The maximum absolute atomic E-state index is 5.97. The highest BCUT2D eigenvalue weighted by Crippen LogP contribution is 2.30. The zero-order valence-corrected chi connectivity index (χ0v) is 11.1. The second-order valence-electron chi connectivity index (χ2n) is 4.61. The van der Waals surface area contributed by atoms with E-state index in [1.54, 1.807) is 6.07 Å². The molecule has 1 heterocycles. The molecule has 0 saturated carbocycles. The van der Waals surface area contributed by atoms with Gasteiger partial charge in [-0.05, 0) is 18.6 Å². The summed E-state index contributed by atoms with van der Waals surface area (Å²) in [5.41, 5.74) is 1.84. The zero-order valence-electron chi connectivity index (χ0n) is 9.56. The van der Waals surface area contributed by atoms with Gasteiger partial charge >= 0.3 is 0 Å². The second-order valence-corrected chi connectivity index (χ2v) is 5.42. The van der Waals surface area contributed by atoms with E-state index in [1.807, 2.05) is 6.07 Å². The van der Waals surface area contributed by atoms with Crippen LogP contribution in [0.4, 0.5) is 0 Å². The lowest BCUT2D eigenvalue weighted by atomic mass is 9.90. The third-order valence-electron chi connectivity index (χ3n) is 3.05. The molecule has 0 saturated heterocycles. The predicted molar refractivity (Wildman–Crippen MR) is 69.4 cm³/mol. The number of H-pyrrole nitrogens is 1. The highest BCUT2D eigenvalue weighted by Gasteiger charge is 2.22. The fourth-order valence-corrected chi connectivity index (χ4v) is 1.81. The Morgan fingerprint density at radius 2 is 1.88 bits per heavy atom. The number of hydrogen-bond acceptors (Lipinski definition) is 1. The van der Waals surface area contributed by atoms with Crippen molar-refractivity contribution in [2.45, 2.75) is 32.6 Å². The molecule has 0 spiro atoms. The highest BCUT2D eigenvalue weighted by molar-refractivity contribution is 6.42. The number of hydrogen-bond donors (Lipinski definition) is 1. The summed E-state index contributed by atoms with van der Waals surface area (Å²) in [6.07, 6.45) is 1.02.